The maximum atomic E-state index is 13.1. The van der Waals surface area contributed by atoms with Crippen LogP contribution in [0.5, 0.6) is 0 Å². The molecular weight excluding hydrogens is 356 g/mol. The van der Waals surface area contributed by atoms with Crippen LogP contribution in [-0.2, 0) is 11.3 Å². The third-order valence-corrected chi connectivity index (χ3v) is 4.69. The van der Waals surface area contributed by atoms with Crippen LogP contribution in [0.3, 0.4) is 0 Å². The number of hydrogen-bond donors (Lipinski definition) is 1. The van der Waals surface area contributed by atoms with Crippen LogP contribution >= 0.6 is 0 Å². The molecule has 3 aromatic heterocycles. The van der Waals surface area contributed by atoms with Crippen molar-refractivity contribution in [3.63, 3.8) is 0 Å². The lowest BCUT2D eigenvalue weighted by Gasteiger charge is -2.11. The van der Waals surface area contributed by atoms with Crippen molar-refractivity contribution < 1.29 is 14.1 Å². The van der Waals surface area contributed by atoms with Gasteiger partial charge in [0.1, 0.15) is 10.9 Å². The standard InChI is InChI=1S/C21H18N4O3/c1-13-8-9-17-23-19-16(20(26)24(17)11-13)10-15(21(27)28-2)18(22)25(19)12-14-6-4-3-5-7-14/h3-11,22H,12H2,1-2H3/p+1. The molecule has 7 heteroatoms. The van der Waals surface area contributed by atoms with Crippen molar-refractivity contribution in [3.8, 4) is 0 Å². The average Bonchev–Trinajstić information content (AvgIpc) is 2.71. The van der Waals surface area contributed by atoms with Crippen molar-refractivity contribution in [2.45, 2.75) is 13.5 Å². The molecule has 0 aliphatic heterocycles. The molecule has 0 spiro atoms. The van der Waals surface area contributed by atoms with Crippen LogP contribution in [0.2, 0.25) is 0 Å². The summed E-state index contributed by atoms with van der Waals surface area (Å²) in [7, 11) is 1.28. The van der Waals surface area contributed by atoms with Gasteiger partial charge in [-0.2, -0.15) is 0 Å². The number of pyridine rings is 2. The lowest BCUT2D eigenvalue weighted by atomic mass is 10.1. The quantitative estimate of drug-likeness (QED) is 0.335. The van der Waals surface area contributed by atoms with Gasteiger partial charge < -0.3 is 10.5 Å². The second-order valence-corrected chi connectivity index (χ2v) is 6.60. The SMILES string of the molecule is COC(=O)c1cc2c(=O)n3cc(C)ccc3nc2[n+](Cc2ccccc2)c1N. The maximum Gasteiger partial charge on any atom is 0.344 e. The zero-order valence-corrected chi connectivity index (χ0v) is 15.5. The number of anilines is 1. The number of esters is 1. The molecule has 0 atom stereocenters. The highest BCUT2D eigenvalue weighted by Gasteiger charge is 2.25. The number of aromatic nitrogens is 3. The van der Waals surface area contributed by atoms with Crippen LogP contribution in [0.15, 0.2) is 59.5 Å². The number of hydrogen-bond acceptors (Lipinski definition) is 5. The van der Waals surface area contributed by atoms with Crippen LogP contribution in [0, 0.1) is 6.92 Å². The number of rotatable bonds is 3. The minimum absolute atomic E-state index is 0.137. The second kappa shape index (κ2) is 6.77. The summed E-state index contributed by atoms with van der Waals surface area (Å²) < 4.78 is 8.01. The predicted octanol–water partition coefficient (Wildman–Crippen LogP) is 1.86. The summed E-state index contributed by atoms with van der Waals surface area (Å²) >= 11 is 0. The Morgan fingerprint density at radius 3 is 2.68 bits per heavy atom. The van der Waals surface area contributed by atoms with Gasteiger partial charge in [0, 0.05) is 6.20 Å². The van der Waals surface area contributed by atoms with Crippen molar-refractivity contribution in [2.24, 2.45) is 0 Å². The molecule has 0 aliphatic carbocycles. The molecule has 0 fully saturated rings. The van der Waals surface area contributed by atoms with Crippen molar-refractivity contribution in [3.05, 3.63) is 81.8 Å². The van der Waals surface area contributed by atoms with Crippen LogP contribution < -0.4 is 15.9 Å². The normalized spacial score (nSPS) is 11.1. The van der Waals surface area contributed by atoms with Gasteiger partial charge in [0.2, 0.25) is 11.5 Å². The molecule has 0 aliphatic rings. The molecule has 0 amide bonds. The lowest BCUT2D eigenvalue weighted by molar-refractivity contribution is -0.649. The smallest absolute Gasteiger partial charge is 0.344 e. The molecule has 0 saturated heterocycles. The fraction of sp³-hybridized carbons (Fsp3) is 0.143. The van der Waals surface area contributed by atoms with Crippen LogP contribution in [0.25, 0.3) is 16.7 Å². The average molecular weight is 375 g/mol. The predicted molar refractivity (Wildman–Crippen MR) is 105 cm³/mol. The summed E-state index contributed by atoms with van der Waals surface area (Å²) in [5, 5.41) is 0.300. The number of carbonyl (C=O) groups excluding carboxylic acids is 1. The van der Waals surface area contributed by atoms with E-state index in [1.54, 1.807) is 16.8 Å². The Labute approximate surface area is 160 Å². The number of fused-ring (bicyclic) bond motifs is 2. The summed E-state index contributed by atoms with van der Waals surface area (Å²) in [6, 6.07) is 14.8. The fourth-order valence-electron chi connectivity index (χ4n) is 3.26. The highest BCUT2D eigenvalue weighted by Crippen LogP contribution is 2.16. The van der Waals surface area contributed by atoms with E-state index < -0.39 is 5.97 Å². The van der Waals surface area contributed by atoms with Gasteiger partial charge in [-0.05, 0) is 30.2 Å². The summed E-state index contributed by atoms with van der Waals surface area (Å²) in [4.78, 5) is 30.1. The molecule has 4 rings (SSSR count). The Morgan fingerprint density at radius 2 is 1.96 bits per heavy atom. The Kier molecular flexibility index (Phi) is 4.27. The van der Waals surface area contributed by atoms with Gasteiger partial charge in [0.25, 0.3) is 11.2 Å². The van der Waals surface area contributed by atoms with Crippen molar-refractivity contribution >= 4 is 28.5 Å². The van der Waals surface area contributed by atoms with E-state index in [4.69, 9.17) is 10.5 Å². The molecule has 4 aromatic rings. The highest BCUT2D eigenvalue weighted by atomic mass is 16.5. The zero-order chi connectivity index (χ0) is 19.8. The van der Waals surface area contributed by atoms with Crippen molar-refractivity contribution in [1.29, 1.82) is 0 Å². The second-order valence-electron chi connectivity index (χ2n) is 6.60. The first-order valence-corrected chi connectivity index (χ1v) is 8.77. The van der Waals surface area contributed by atoms with E-state index in [1.165, 1.54) is 17.6 Å². The van der Waals surface area contributed by atoms with Gasteiger partial charge >= 0.3 is 5.97 Å². The van der Waals surface area contributed by atoms with Crippen LogP contribution in [0.4, 0.5) is 5.82 Å². The molecule has 0 saturated carbocycles. The van der Waals surface area contributed by atoms with Crippen LogP contribution in [0.1, 0.15) is 21.5 Å². The van der Waals surface area contributed by atoms with E-state index in [-0.39, 0.29) is 16.9 Å². The minimum atomic E-state index is -0.602. The molecule has 3 heterocycles. The maximum absolute atomic E-state index is 13.1. The Hall–Kier alpha value is -3.74. The third kappa shape index (κ3) is 2.87. The molecule has 1 aromatic carbocycles. The van der Waals surface area contributed by atoms with E-state index in [0.29, 0.717) is 23.2 Å². The highest BCUT2D eigenvalue weighted by molar-refractivity contribution is 5.96. The van der Waals surface area contributed by atoms with Gasteiger partial charge in [-0.1, -0.05) is 41.4 Å². The fourth-order valence-corrected chi connectivity index (χ4v) is 3.26. The summed E-state index contributed by atoms with van der Waals surface area (Å²) in [6.07, 6.45) is 1.72. The number of nitrogens with zero attached hydrogens (tertiary/aromatic N) is 3. The number of nitrogens with two attached hydrogens (primary N) is 1. The molecule has 7 nitrogen and oxygen atoms in total. The van der Waals surface area contributed by atoms with Crippen molar-refractivity contribution in [2.75, 3.05) is 12.8 Å². The van der Waals surface area contributed by atoms with E-state index in [2.05, 4.69) is 4.98 Å². The summed E-state index contributed by atoms with van der Waals surface area (Å²) in [5.74, 6) is -0.401. The molecular formula is C21H19N4O3+. The van der Waals surface area contributed by atoms with E-state index in [1.807, 2.05) is 43.3 Å². The molecule has 0 bridgehead atoms. The van der Waals surface area contributed by atoms with E-state index >= 15 is 0 Å². The molecule has 0 unspecified atom stereocenters. The van der Waals surface area contributed by atoms with Gasteiger partial charge in [-0.25, -0.2) is 9.36 Å². The summed E-state index contributed by atoms with van der Waals surface area (Å²) in [5.41, 5.74) is 9.00. The summed E-state index contributed by atoms with van der Waals surface area (Å²) in [6.45, 7) is 2.26. The minimum Gasteiger partial charge on any atom is -0.465 e. The molecule has 0 radical (unpaired) electrons. The molecule has 140 valence electrons. The van der Waals surface area contributed by atoms with Gasteiger partial charge in [0.05, 0.1) is 13.7 Å². The molecule has 2 N–H and O–H groups in total. The van der Waals surface area contributed by atoms with Gasteiger partial charge in [0.15, 0.2) is 0 Å². The van der Waals surface area contributed by atoms with Gasteiger partial charge in [-0.3, -0.25) is 9.20 Å². The Balaban J connectivity index is 2.10. The van der Waals surface area contributed by atoms with Crippen molar-refractivity contribution in [1.82, 2.24) is 9.38 Å². The first-order chi connectivity index (χ1) is 13.5. The first kappa shape index (κ1) is 17.7. The number of carbonyl (C=O) groups is 1. The number of aryl methyl sites for hydroxylation is 1. The number of benzene rings is 1. The third-order valence-electron chi connectivity index (χ3n) is 4.69. The largest absolute Gasteiger partial charge is 0.465 e. The number of nitrogen functional groups attached to an aromatic ring is 1. The number of methoxy groups -OCH3 is 1. The van der Waals surface area contributed by atoms with E-state index in [9.17, 15) is 9.59 Å². The van der Waals surface area contributed by atoms with Crippen LogP contribution in [-0.4, -0.2) is 22.5 Å². The van der Waals surface area contributed by atoms with E-state index in [0.717, 1.165) is 11.1 Å². The Bertz CT molecular complexity index is 1280. The topological polar surface area (TPSA) is 90.6 Å². The zero-order valence-electron chi connectivity index (χ0n) is 15.5. The number of ether oxygens (including phenoxy) is 1. The van der Waals surface area contributed by atoms with Gasteiger partial charge in [-0.15, -0.1) is 0 Å². The lowest BCUT2D eigenvalue weighted by Crippen LogP contribution is -2.42. The Morgan fingerprint density at radius 1 is 1.21 bits per heavy atom. The first-order valence-electron chi connectivity index (χ1n) is 8.77. The molecule has 28 heavy (non-hydrogen) atoms. The monoisotopic (exact) mass is 375 g/mol.